The normalized spacial score (nSPS) is 23.3. The van der Waals surface area contributed by atoms with E-state index in [1.54, 1.807) is 0 Å². The van der Waals surface area contributed by atoms with E-state index in [1.807, 2.05) is 18.2 Å². The van der Waals surface area contributed by atoms with Crippen molar-refractivity contribution in [3.63, 3.8) is 0 Å². The summed E-state index contributed by atoms with van der Waals surface area (Å²) in [4.78, 5) is 0. The minimum absolute atomic E-state index is 1.10. The Morgan fingerprint density at radius 3 is 2.38 bits per heavy atom. The third kappa shape index (κ3) is 1.99. The summed E-state index contributed by atoms with van der Waals surface area (Å²) in [6.45, 7) is 0. The molecule has 1 heteroatoms. The molecule has 0 aromatic heterocycles. The lowest BCUT2D eigenvalue weighted by atomic mass is 10.1. The molecule has 0 nitrogen and oxygen atoms in total. The number of hydrogen-bond acceptors (Lipinski definition) is 0. The van der Waals surface area contributed by atoms with Gasteiger partial charge in [0, 0.05) is 4.48 Å². The highest BCUT2D eigenvalue weighted by Crippen LogP contribution is 2.20. The van der Waals surface area contributed by atoms with Crippen LogP contribution in [0.2, 0.25) is 0 Å². The van der Waals surface area contributed by atoms with Crippen LogP contribution < -0.4 is 0 Å². The lowest BCUT2D eigenvalue weighted by Crippen LogP contribution is -1.81. The predicted octanol–water partition coefficient (Wildman–Crippen LogP) is 4.01. The molecule has 0 unspecified atom stereocenters. The van der Waals surface area contributed by atoms with E-state index >= 15 is 0 Å². The van der Waals surface area contributed by atoms with Crippen LogP contribution in [0.4, 0.5) is 0 Å². The summed E-state index contributed by atoms with van der Waals surface area (Å²) in [7, 11) is 0. The van der Waals surface area contributed by atoms with Crippen molar-refractivity contribution in [3.8, 4) is 0 Å². The first-order valence-corrected chi connectivity index (χ1v) is 4.96. The third-order valence-electron chi connectivity index (χ3n) is 1.93. The molecule has 1 aliphatic rings. The van der Waals surface area contributed by atoms with Gasteiger partial charge in [-0.1, -0.05) is 58.4 Å². The SMILES string of the molecule is BrC1=C/c2ccccc2\C=C/C=C\1. The Morgan fingerprint density at radius 1 is 0.846 bits per heavy atom. The number of hydrogen-bond donors (Lipinski definition) is 0. The highest BCUT2D eigenvalue weighted by Gasteiger charge is 1.96. The van der Waals surface area contributed by atoms with Crippen LogP contribution in [0.15, 0.2) is 47.0 Å². The quantitative estimate of drug-likeness (QED) is 0.635. The first-order chi connectivity index (χ1) is 6.36. The molecule has 0 radical (unpaired) electrons. The van der Waals surface area contributed by atoms with Gasteiger partial charge in [0.25, 0.3) is 0 Å². The molecule has 0 aliphatic heterocycles. The lowest BCUT2D eigenvalue weighted by Gasteiger charge is -2.02. The molecule has 0 spiro atoms. The Balaban J connectivity index is 2.58. The fourth-order valence-electron chi connectivity index (χ4n) is 1.30. The van der Waals surface area contributed by atoms with Gasteiger partial charge in [-0.2, -0.15) is 0 Å². The predicted molar refractivity (Wildman–Crippen MR) is 61.5 cm³/mol. The molecule has 0 atom stereocenters. The second-order valence-corrected chi connectivity index (χ2v) is 3.79. The van der Waals surface area contributed by atoms with Crippen molar-refractivity contribution in [1.29, 1.82) is 0 Å². The Kier molecular flexibility index (Phi) is 2.46. The van der Waals surface area contributed by atoms with Crippen molar-refractivity contribution in [3.05, 3.63) is 58.1 Å². The molecule has 1 aromatic rings. The largest absolute Gasteiger partial charge is 0.0616 e. The van der Waals surface area contributed by atoms with Crippen molar-refractivity contribution in [2.75, 3.05) is 0 Å². The van der Waals surface area contributed by atoms with Crippen LogP contribution >= 0.6 is 15.9 Å². The zero-order valence-corrected chi connectivity index (χ0v) is 8.66. The first kappa shape index (κ1) is 8.52. The minimum Gasteiger partial charge on any atom is -0.0616 e. The molecule has 0 heterocycles. The van der Waals surface area contributed by atoms with E-state index in [4.69, 9.17) is 0 Å². The summed E-state index contributed by atoms with van der Waals surface area (Å²) >= 11 is 3.48. The lowest BCUT2D eigenvalue weighted by molar-refractivity contribution is 1.60. The second-order valence-electron chi connectivity index (χ2n) is 2.88. The van der Waals surface area contributed by atoms with E-state index in [-0.39, 0.29) is 0 Å². The molecule has 0 amide bonds. The van der Waals surface area contributed by atoms with Gasteiger partial charge in [-0.05, 0) is 23.3 Å². The van der Waals surface area contributed by atoms with Crippen molar-refractivity contribution < 1.29 is 0 Å². The fourth-order valence-corrected chi connectivity index (χ4v) is 1.70. The van der Waals surface area contributed by atoms with E-state index in [0.29, 0.717) is 0 Å². The summed E-state index contributed by atoms with van der Waals surface area (Å²) in [6, 6.07) is 8.33. The van der Waals surface area contributed by atoms with E-state index in [1.165, 1.54) is 11.1 Å². The Hall–Kier alpha value is -1.08. The van der Waals surface area contributed by atoms with E-state index in [9.17, 15) is 0 Å². The van der Waals surface area contributed by atoms with Crippen molar-refractivity contribution in [1.82, 2.24) is 0 Å². The molecule has 2 rings (SSSR count). The van der Waals surface area contributed by atoms with Gasteiger partial charge in [0.1, 0.15) is 0 Å². The van der Waals surface area contributed by atoms with Crippen LogP contribution in [-0.2, 0) is 0 Å². The summed E-state index contributed by atoms with van der Waals surface area (Å²) in [5.41, 5.74) is 2.50. The second kappa shape index (κ2) is 3.75. The molecular weight excluding hydrogens is 224 g/mol. The molecule has 0 saturated heterocycles. The van der Waals surface area contributed by atoms with Crippen molar-refractivity contribution in [2.45, 2.75) is 0 Å². The fraction of sp³-hybridized carbons (Fsp3) is 0. The van der Waals surface area contributed by atoms with E-state index < -0.39 is 0 Å². The van der Waals surface area contributed by atoms with Crippen molar-refractivity contribution >= 4 is 28.1 Å². The average molecular weight is 233 g/mol. The molecule has 1 aliphatic carbocycles. The standard InChI is InChI=1S/C12H9Br/c13-12-8-4-3-6-10-5-1-2-7-11(10)9-12/h1-9H/b4-3?,6-3-,8-4-,10-6?,11-9?,12-8?,12-9+. The number of fused-ring (bicyclic) bond motifs is 1. The highest BCUT2D eigenvalue weighted by atomic mass is 79.9. The zero-order chi connectivity index (χ0) is 9.10. The maximum absolute atomic E-state index is 3.48. The van der Waals surface area contributed by atoms with Gasteiger partial charge in [-0.3, -0.25) is 0 Å². The Bertz CT molecular complexity index is 397. The van der Waals surface area contributed by atoms with Crippen LogP contribution in [0.5, 0.6) is 0 Å². The van der Waals surface area contributed by atoms with Gasteiger partial charge in [0.05, 0.1) is 0 Å². The zero-order valence-electron chi connectivity index (χ0n) is 7.07. The summed E-state index contributed by atoms with van der Waals surface area (Å²) in [6.07, 6.45) is 10.3. The number of allylic oxidation sites excluding steroid dienone is 4. The van der Waals surface area contributed by atoms with Gasteiger partial charge in [-0.15, -0.1) is 0 Å². The van der Waals surface area contributed by atoms with Gasteiger partial charge in [0.2, 0.25) is 0 Å². The van der Waals surface area contributed by atoms with E-state index in [2.05, 4.69) is 52.3 Å². The Morgan fingerprint density at radius 2 is 1.54 bits per heavy atom. The smallest absolute Gasteiger partial charge is 0.0181 e. The van der Waals surface area contributed by atoms with Crippen LogP contribution in [0.25, 0.3) is 12.2 Å². The van der Waals surface area contributed by atoms with Crippen LogP contribution in [0.3, 0.4) is 0 Å². The van der Waals surface area contributed by atoms with Crippen molar-refractivity contribution in [2.24, 2.45) is 0 Å². The van der Waals surface area contributed by atoms with Gasteiger partial charge in [0.15, 0.2) is 0 Å². The molecule has 0 bridgehead atoms. The molecule has 64 valence electrons. The maximum Gasteiger partial charge on any atom is 0.0181 e. The molecule has 0 N–H and O–H groups in total. The van der Waals surface area contributed by atoms with Gasteiger partial charge >= 0.3 is 0 Å². The van der Waals surface area contributed by atoms with Crippen LogP contribution in [-0.4, -0.2) is 0 Å². The van der Waals surface area contributed by atoms with Gasteiger partial charge in [-0.25, -0.2) is 0 Å². The highest BCUT2D eigenvalue weighted by molar-refractivity contribution is 9.12. The first-order valence-electron chi connectivity index (χ1n) is 4.17. The molecule has 0 fully saturated rings. The molecule has 0 saturated carbocycles. The monoisotopic (exact) mass is 232 g/mol. The topological polar surface area (TPSA) is 0 Å². The maximum atomic E-state index is 3.48. The number of benzene rings is 1. The van der Waals surface area contributed by atoms with Gasteiger partial charge < -0.3 is 0 Å². The van der Waals surface area contributed by atoms with Crippen LogP contribution in [0.1, 0.15) is 11.1 Å². The molecular formula is C12H9Br. The molecule has 13 heavy (non-hydrogen) atoms. The van der Waals surface area contributed by atoms with E-state index in [0.717, 1.165) is 4.48 Å². The van der Waals surface area contributed by atoms with Crippen LogP contribution in [0, 0.1) is 0 Å². The number of halogens is 1. The summed E-state index contributed by atoms with van der Waals surface area (Å²) in [5.74, 6) is 0. The third-order valence-corrected chi connectivity index (χ3v) is 2.42. The summed E-state index contributed by atoms with van der Waals surface area (Å²) < 4.78 is 1.10. The average Bonchev–Trinajstić information content (AvgIpc) is 2.11. The number of rotatable bonds is 0. The summed E-state index contributed by atoms with van der Waals surface area (Å²) in [5, 5.41) is 0. The Labute approximate surface area is 86.4 Å². The molecule has 1 aromatic carbocycles. The minimum atomic E-state index is 1.10.